The van der Waals surface area contributed by atoms with Crippen LogP contribution < -0.4 is 10.2 Å². The average molecular weight is 315 g/mol. The van der Waals surface area contributed by atoms with Gasteiger partial charge in [0.1, 0.15) is 5.58 Å². The number of methoxy groups -OCH3 is 1. The summed E-state index contributed by atoms with van der Waals surface area (Å²) in [7, 11) is 1.46. The van der Waals surface area contributed by atoms with Crippen LogP contribution in [0.2, 0.25) is 5.02 Å². The topological polar surface area (TPSA) is 39.4 Å². The van der Waals surface area contributed by atoms with Crippen molar-refractivity contribution < 1.29 is 9.15 Å². The molecular weight excluding hydrogens is 300 g/mol. The minimum Gasteiger partial charge on any atom is -0.490 e. The maximum Gasteiger partial charge on any atom is 0.235 e. The zero-order chi connectivity index (χ0) is 15.9. The van der Waals surface area contributed by atoms with Gasteiger partial charge in [0.05, 0.1) is 17.5 Å². The van der Waals surface area contributed by atoms with Crippen molar-refractivity contribution >= 4 is 22.6 Å². The van der Waals surface area contributed by atoms with Gasteiger partial charge in [-0.3, -0.25) is 4.79 Å². The third kappa shape index (κ3) is 2.28. The summed E-state index contributed by atoms with van der Waals surface area (Å²) in [4.78, 5) is 12.7. The van der Waals surface area contributed by atoms with Gasteiger partial charge in [0.25, 0.3) is 0 Å². The maximum atomic E-state index is 12.7. The van der Waals surface area contributed by atoms with Crippen LogP contribution in [0.25, 0.3) is 22.3 Å². The summed E-state index contributed by atoms with van der Waals surface area (Å²) < 4.78 is 11.3. The van der Waals surface area contributed by atoms with Crippen molar-refractivity contribution in [1.29, 1.82) is 0 Å². The second-order valence-electron chi connectivity index (χ2n) is 5.23. The lowest BCUT2D eigenvalue weighted by Crippen LogP contribution is -2.08. The van der Waals surface area contributed by atoms with Crippen molar-refractivity contribution in [1.82, 2.24) is 0 Å². The second kappa shape index (κ2) is 5.50. The minimum absolute atomic E-state index is 0.172. The van der Waals surface area contributed by atoms with E-state index in [0.29, 0.717) is 27.3 Å². The highest BCUT2D eigenvalue weighted by molar-refractivity contribution is 6.33. The fourth-order valence-corrected chi connectivity index (χ4v) is 2.86. The Kier molecular flexibility index (Phi) is 3.67. The van der Waals surface area contributed by atoms with E-state index >= 15 is 0 Å². The molecule has 1 heterocycles. The summed E-state index contributed by atoms with van der Waals surface area (Å²) in [6, 6.07) is 11.0. The maximum absolute atomic E-state index is 12.7. The number of aryl methyl sites for hydroxylation is 2. The molecule has 112 valence electrons. The lowest BCUT2D eigenvalue weighted by molar-refractivity contribution is 0.398. The Bertz CT molecular complexity index is 925. The highest BCUT2D eigenvalue weighted by atomic mass is 35.5. The summed E-state index contributed by atoms with van der Waals surface area (Å²) in [6.45, 7) is 3.86. The Morgan fingerprint density at radius 3 is 2.55 bits per heavy atom. The first kappa shape index (κ1) is 14.7. The molecule has 1 aromatic heterocycles. The van der Waals surface area contributed by atoms with Gasteiger partial charge in [0, 0.05) is 5.56 Å². The van der Waals surface area contributed by atoms with Crippen LogP contribution >= 0.6 is 11.6 Å². The second-order valence-corrected chi connectivity index (χ2v) is 5.64. The van der Waals surface area contributed by atoms with Crippen LogP contribution in [0.15, 0.2) is 45.6 Å². The smallest absolute Gasteiger partial charge is 0.235 e. The van der Waals surface area contributed by atoms with Gasteiger partial charge in [-0.1, -0.05) is 29.8 Å². The molecule has 0 atom stereocenters. The minimum atomic E-state index is -0.189. The van der Waals surface area contributed by atoms with E-state index in [1.807, 2.05) is 38.1 Å². The molecule has 3 nitrogen and oxygen atoms in total. The van der Waals surface area contributed by atoms with Crippen molar-refractivity contribution in [3.63, 3.8) is 0 Å². The number of fused-ring (bicyclic) bond motifs is 1. The van der Waals surface area contributed by atoms with Crippen LogP contribution in [0.1, 0.15) is 11.1 Å². The average Bonchev–Trinajstić information content (AvgIpc) is 2.48. The van der Waals surface area contributed by atoms with Gasteiger partial charge in [-0.15, -0.1) is 0 Å². The number of rotatable bonds is 2. The summed E-state index contributed by atoms with van der Waals surface area (Å²) >= 11 is 6.24. The van der Waals surface area contributed by atoms with Gasteiger partial charge in [0.15, 0.2) is 5.76 Å². The molecular formula is C18H15ClO3. The number of hydrogen-bond donors (Lipinski definition) is 0. The summed E-state index contributed by atoms with van der Waals surface area (Å²) in [6.07, 6.45) is 0. The first-order chi connectivity index (χ1) is 10.5. The number of benzene rings is 2. The number of ether oxygens (including phenoxy) is 1. The van der Waals surface area contributed by atoms with E-state index in [-0.39, 0.29) is 11.2 Å². The van der Waals surface area contributed by atoms with Gasteiger partial charge in [-0.2, -0.15) is 0 Å². The molecule has 0 saturated heterocycles. The van der Waals surface area contributed by atoms with Gasteiger partial charge in [-0.25, -0.2) is 0 Å². The molecule has 0 fully saturated rings. The lowest BCUT2D eigenvalue weighted by Gasteiger charge is -2.11. The fourth-order valence-electron chi connectivity index (χ4n) is 2.64. The summed E-state index contributed by atoms with van der Waals surface area (Å²) in [5.41, 5.74) is 2.92. The zero-order valence-electron chi connectivity index (χ0n) is 12.6. The predicted molar refractivity (Wildman–Crippen MR) is 89.0 cm³/mol. The Hall–Kier alpha value is -2.26. The van der Waals surface area contributed by atoms with Gasteiger partial charge < -0.3 is 9.15 Å². The van der Waals surface area contributed by atoms with E-state index in [1.165, 1.54) is 7.11 Å². The third-order valence-electron chi connectivity index (χ3n) is 3.60. The van der Waals surface area contributed by atoms with Crippen molar-refractivity contribution in [2.45, 2.75) is 13.8 Å². The molecule has 3 aromatic rings. The van der Waals surface area contributed by atoms with Gasteiger partial charge in [0.2, 0.25) is 11.2 Å². The van der Waals surface area contributed by atoms with Gasteiger partial charge in [-0.05, 0) is 43.2 Å². The normalized spacial score (nSPS) is 10.9. The summed E-state index contributed by atoms with van der Waals surface area (Å²) in [5, 5.41) is 1.03. The summed E-state index contributed by atoms with van der Waals surface area (Å²) in [5.74, 6) is 0.531. The molecule has 0 saturated carbocycles. The highest BCUT2D eigenvalue weighted by Gasteiger charge is 2.19. The van der Waals surface area contributed by atoms with E-state index in [4.69, 9.17) is 20.8 Å². The largest absolute Gasteiger partial charge is 0.490 e. The van der Waals surface area contributed by atoms with Crippen molar-refractivity contribution in [2.75, 3.05) is 7.11 Å². The molecule has 0 radical (unpaired) electrons. The van der Waals surface area contributed by atoms with Crippen LogP contribution in [0.3, 0.4) is 0 Å². The Morgan fingerprint density at radius 2 is 1.86 bits per heavy atom. The third-order valence-corrected chi connectivity index (χ3v) is 3.93. The first-order valence-corrected chi connectivity index (χ1v) is 7.27. The molecule has 0 aliphatic heterocycles. The standard InChI is InChI=1S/C18H15ClO3/c1-10-8-11(2)16-13(9-10)15(20)18(21-3)17(22-16)12-6-4-5-7-14(12)19/h4-9H,1-3H3. The molecule has 22 heavy (non-hydrogen) atoms. The van der Waals surface area contributed by atoms with Crippen molar-refractivity contribution in [2.24, 2.45) is 0 Å². The molecule has 0 spiro atoms. The molecule has 2 aromatic carbocycles. The molecule has 0 aliphatic rings. The van der Waals surface area contributed by atoms with E-state index < -0.39 is 0 Å². The fraction of sp³-hybridized carbons (Fsp3) is 0.167. The van der Waals surface area contributed by atoms with Crippen LogP contribution in [-0.4, -0.2) is 7.11 Å². The van der Waals surface area contributed by atoms with Crippen LogP contribution in [0.4, 0.5) is 0 Å². The number of halogens is 1. The molecule has 0 amide bonds. The monoisotopic (exact) mass is 314 g/mol. The Morgan fingerprint density at radius 1 is 1.14 bits per heavy atom. The number of hydrogen-bond acceptors (Lipinski definition) is 3. The van der Waals surface area contributed by atoms with Crippen LogP contribution in [-0.2, 0) is 0 Å². The molecule has 0 bridgehead atoms. The Labute approximate surface area is 133 Å². The van der Waals surface area contributed by atoms with E-state index in [9.17, 15) is 4.79 Å². The zero-order valence-corrected chi connectivity index (χ0v) is 13.3. The van der Waals surface area contributed by atoms with E-state index in [1.54, 1.807) is 12.1 Å². The molecule has 0 unspecified atom stereocenters. The quantitative estimate of drug-likeness (QED) is 0.686. The molecule has 0 N–H and O–H groups in total. The van der Waals surface area contributed by atoms with Crippen LogP contribution in [0.5, 0.6) is 5.75 Å². The molecule has 3 rings (SSSR count). The lowest BCUT2D eigenvalue weighted by atomic mass is 10.1. The van der Waals surface area contributed by atoms with Crippen molar-refractivity contribution in [3.05, 3.63) is 62.8 Å². The Balaban J connectivity index is 2.46. The molecule has 0 aliphatic carbocycles. The molecule has 4 heteroatoms. The van der Waals surface area contributed by atoms with E-state index in [0.717, 1.165) is 11.1 Å². The van der Waals surface area contributed by atoms with E-state index in [2.05, 4.69) is 0 Å². The van der Waals surface area contributed by atoms with Gasteiger partial charge >= 0.3 is 0 Å². The first-order valence-electron chi connectivity index (χ1n) is 6.90. The predicted octanol–water partition coefficient (Wildman–Crippen LogP) is 4.74. The van der Waals surface area contributed by atoms with Crippen LogP contribution in [0, 0.1) is 13.8 Å². The highest BCUT2D eigenvalue weighted by Crippen LogP contribution is 2.35. The SMILES string of the molecule is COc1c(-c2ccccc2Cl)oc2c(C)cc(C)cc2c1=O. The van der Waals surface area contributed by atoms with Crippen molar-refractivity contribution in [3.8, 4) is 17.1 Å².